The van der Waals surface area contributed by atoms with Gasteiger partial charge in [0.05, 0.1) is 0 Å². The zero-order chi connectivity index (χ0) is 11.1. The van der Waals surface area contributed by atoms with Crippen LogP contribution in [0.25, 0.3) is 0 Å². The summed E-state index contributed by atoms with van der Waals surface area (Å²) in [6, 6.07) is 0.611. The van der Waals surface area contributed by atoms with Crippen molar-refractivity contribution in [3.8, 4) is 0 Å². The monoisotopic (exact) mass is 213 g/mol. The van der Waals surface area contributed by atoms with Gasteiger partial charge in [-0.25, -0.2) is 0 Å². The summed E-state index contributed by atoms with van der Waals surface area (Å²) in [5, 5.41) is 14.8. The highest BCUT2D eigenvalue weighted by molar-refractivity contribution is 5.79. The zero-order valence-electron chi connectivity index (χ0n) is 9.58. The molecule has 4 nitrogen and oxygen atoms in total. The van der Waals surface area contributed by atoms with Crippen LogP contribution in [-0.2, 0) is 0 Å². The first kappa shape index (κ1) is 12.3. The number of hydrogen-bond donors (Lipinski definition) is 3. The number of hydrogen-bond acceptors (Lipinski definition) is 3. The van der Waals surface area contributed by atoms with E-state index >= 15 is 0 Å². The Labute approximate surface area is 91.9 Å². The Hall–Kier alpha value is -0.770. The van der Waals surface area contributed by atoms with Crippen LogP contribution in [-0.4, -0.2) is 23.6 Å². The molecule has 88 valence electrons. The number of oxime groups is 1. The molecular weight excluding hydrogens is 190 g/mol. The lowest BCUT2D eigenvalue weighted by Crippen LogP contribution is -2.33. The minimum absolute atomic E-state index is 0.324. The van der Waals surface area contributed by atoms with Crippen molar-refractivity contribution in [2.24, 2.45) is 16.8 Å². The molecule has 0 aromatic rings. The fourth-order valence-electron chi connectivity index (χ4n) is 2.27. The van der Waals surface area contributed by atoms with E-state index in [-0.39, 0.29) is 0 Å². The van der Waals surface area contributed by atoms with Crippen LogP contribution < -0.4 is 11.1 Å². The Balaban J connectivity index is 2.04. The predicted octanol–water partition coefficient (Wildman–Crippen LogP) is 1.68. The fourth-order valence-corrected chi connectivity index (χ4v) is 2.27. The maximum atomic E-state index is 8.36. The molecule has 0 aromatic carbocycles. The van der Waals surface area contributed by atoms with E-state index in [1.165, 1.54) is 25.7 Å². The van der Waals surface area contributed by atoms with Crippen molar-refractivity contribution in [1.82, 2.24) is 5.32 Å². The van der Waals surface area contributed by atoms with Gasteiger partial charge in [0.2, 0.25) is 0 Å². The van der Waals surface area contributed by atoms with Crippen LogP contribution in [0.1, 0.15) is 45.4 Å². The highest BCUT2D eigenvalue weighted by Gasteiger charge is 2.20. The summed E-state index contributed by atoms with van der Waals surface area (Å²) in [5.74, 6) is 1.18. The maximum Gasteiger partial charge on any atom is 0.139 e. The van der Waals surface area contributed by atoms with E-state index in [1.807, 2.05) is 0 Å². The summed E-state index contributed by atoms with van der Waals surface area (Å²) in [6.45, 7) is 3.22. The fraction of sp³-hybridized carbons (Fsp3) is 0.909. The molecule has 1 atom stereocenters. The summed E-state index contributed by atoms with van der Waals surface area (Å²) in [7, 11) is 0. The standard InChI is InChI=1S/C11H23N3O/c1-9(10-5-2-3-6-10)13-8-4-7-11(12)14-15/h9-10,13,15H,2-8H2,1H3,(H2,12,14)/t9-/m1/s1. The van der Waals surface area contributed by atoms with Gasteiger partial charge in [-0.3, -0.25) is 0 Å². The maximum absolute atomic E-state index is 8.36. The molecule has 1 fully saturated rings. The van der Waals surface area contributed by atoms with E-state index in [2.05, 4.69) is 17.4 Å². The zero-order valence-corrected chi connectivity index (χ0v) is 9.58. The van der Waals surface area contributed by atoms with Crippen LogP contribution >= 0.6 is 0 Å². The second-order valence-electron chi connectivity index (χ2n) is 4.48. The Bertz CT molecular complexity index is 200. The molecule has 1 aliphatic carbocycles. The van der Waals surface area contributed by atoms with Crippen molar-refractivity contribution in [3.05, 3.63) is 0 Å². The van der Waals surface area contributed by atoms with Crippen molar-refractivity contribution in [3.63, 3.8) is 0 Å². The quantitative estimate of drug-likeness (QED) is 0.207. The number of nitrogens with zero attached hydrogens (tertiary/aromatic N) is 1. The molecule has 0 bridgehead atoms. The van der Waals surface area contributed by atoms with Gasteiger partial charge < -0.3 is 16.3 Å². The van der Waals surface area contributed by atoms with Gasteiger partial charge in [0.15, 0.2) is 0 Å². The van der Waals surface area contributed by atoms with Crippen molar-refractivity contribution in [2.75, 3.05) is 6.54 Å². The first-order valence-electron chi connectivity index (χ1n) is 5.94. The molecule has 4 heteroatoms. The van der Waals surface area contributed by atoms with E-state index in [4.69, 9.17) is 10.9 Å². The highest BCUT2D eigenvalue weighted by Crippen LogP contribution is 2.27. The SMILES string of the molecule is C[C@@H](NCCCC(N)=NO)C1CCCC1. The van der Waals surface area contributed by atoms with Gasteiger partial charge in [0.1, 0.15) is 5.84 Å². The lowest BCUT2D eigenvalue weighted by Gasteiger charge is -2.20. The molecule has 0 aromatic heterocycles. The third kappa shape index (κ3) is 4.51. The first-order valence-corrected chi connectivity index (χ1v) is 5.94. The van der Waals surface area contributed by atoms with Gasteiger partial charge in [0, 0.05) is 12.5 Å². The molecule has 15 heavy (non-hydrogen) atoms. The van der Waals surface area contributed by atoms with Crippen LogP contribution in [0, 0.1) is 5.92 Å². The van der Waals surface area contributed by atoms with E-state index in [0.29, 0.717) is 18.3 Å². The molecule has 0 saturated heterocycles. The van der Waals surface area contributed by atoms with Crippen molar-refractivity contribution in [2.45, 2.75) is 51.5 Å². The van der Waals surface area contributed by atoms with E-state index in [1.54, 1.807) is 0 Å². The van der Waals surface area contributed by atoms with Crippen molar-refractivity contribution < 1.29 is 5.21 Å². The summed E-state index contributed by atoms with van der Waals surface area (Å²) < 4.78 is 0. The largest absolute Gasteiger partial charge is 0.409 e. The third-order valence-corrected chi connectivity index (χ3v) is 3.31. The first-order chi connectivity index (χ1) is 7.24. The van der Waals surface area contributed by atoms with Gasteiger partial charge in [-0.05, 0) is 38.6 Å². The van der Waals surface area contributed by atoms with Gasteiger partial charge in [0.25, 0.3) is 0 Å². The second kappa shape index (κ2) is 6.67. The topological polar surface area (TPSA) is 70.6 Å². The van der Waals surface area contributed by atoms with Gasteiger partial charge in [-0.2, -0.15) is 0 Å². The summed E-state index contributed by atoms with van der Waals surface area (Å²) in [6.07, 6.45) is 7.12. The number of rotatable bonds is 6. The van der Waals surface area contributed by atoms with E-state index in [0.717, 1.165) is 18.9 Å². The number of nitrogens with one attached hydrogen (secondary N) is 1. The molecule has 4 N–H and O–H groups in total. The lowest BCUT2D eigenvalue weighted by atomic mass is 10.00. The van der Waals surface area contributed by atoms with Crippen molar-refractivity contribution in [1.29, 1.82) is 0 Å². The van der Waals surface area contributed by atoms with Crippen LogP contribution in [0.15, 0.2) is 5.16 Å². The van der Waals surface area contributed by atoms with E-state index < -0.39 is 0 Å². The molecule has 0 radical (unpaired) electrons. The molecule has 0 heterocycles. The molecule has 0 amide bonds. The van der Waals surface area contributed by atoms with Crippen molar-refractivity contribution >= 4 is 5.84 Å². The number of amidine groups is 1. The second-order valence-corrected chi connectivity index (χ2v) is 4.48. The molecule has 1 aliphatic rings. The molecule has 0 aliphatic heterocycles. The molecule has 0 unspecified atom stereocenters. The Morgan fingerprint density at radius 1 is 1.53 bits per heavy atom. The smallest absolute Gasteiger partial charge is 0.139 e. The average Bonchev–Trinajstić information content (AvgIpc) is 2.77. The molecule has 0 spiro atoms. The minimum atomic E-state index is 0.324. The van der Waals surface area contributed by atoms with Crippen LogP contribution in [0.3, 0.4) is 0 Å². The van der Waals surface area contributed by atoms with Crippen LogP contribution in [0.5, 0.6) is 0 Å². The lowest BCUT2D eigenvalue weighted by molar-refractivity contribution is 0.316. The van der Waals surface area contributed by atoms with Crippen LogP contribution in [0.4, 0.5) is 0 Å². The molecule has 1 saturated carbocycles. The van der Waals surface area contributed by atoms with Gasteiger partial charge in [-0.1, -0.05) is 18.0 Å². The average molecular weight is 213 g/mol. The van der Waals surface area contributed by atoms with E-state index in [9.17, 15) is 0 Å². The number of nitrogens with two attached hydrogens (primary N) is 1. The Morgan fingerprint density at radius 3 is 2.80 bits per heavy atom. The summed E-state index contributed by atoms with van der Waals surface area (Å²) >= 11 is 0. The Morgan fingerprint density at radius 2 is 2.20 bits per heavy atom. The summed E-state index contributed by atoms with van der Waals surface area (Å²) in [4.78, 5) is 0. The molecule has 1 rings (SSSR count). The predicted molar refractivity (Wildman–Crippen MR) is 62.1 cm³/mol. The third-order valence-electron chi connectivity index (χ3n) is 3.31. The normalized spacial score (nSPS) is 20.7. The Kier molecular flexibility index (Phi) is 5.47. The minimum Gasteiger partial charge on any atom is -0.409 e. The summed E-state index contributed by atoms with van der Waals surface area (Å²) in [5.41, 5.74) is 5.38. The molecular formula is C11H23N3O. The highest BCUT2D eigenvalue weighted by atomic mass is 16.4. The van der Waals surface area contributed by atoms with Gasteiger partial charge >= 0.3 is 0 Å². The van der Waals surface area contributed by atoms with Crippen LogP contribution in [0.2, 0.25) is 0 Å². The van der Waals surface area contributed by atoms with Gasteiger partial charge in [-0.15, -0.1) is 0 Å².